The third-order valence-corrected chi connectivity index (χ3v) is 3.34. The maximum atomic E-state index is 11.6. The number of amides is 1. The largest absolute Gasteiger partial charge is 0.467 e. The van der Waals surface area contributed by atoms with Crippen molar-refractivity contribution in [3.05, 3.63) is 29.0 Å². The van der Waals surface area contributed by atoms with Gasteiger partial charge in [0.05, 0.1) is 10.9 Å². The molecule has 1 aromatic carbocycles. The van der Waals surface area contributed by atoms with Crippen LogP contribution >= 0.6 is 15.9 Å². The fourth-order valence-electron chi connectivity index (χ4n) is 1.75. The number of carbonyl (C=O) groups excluding carboxylic acids is 1. The van der Waals surface area contributed by atoms with Crippen LogP contribution in [-0.4, -0.2) is 28.5 Å². The minimum atomic E-state index is -0.107. The molecule has 1 heterocycles. The molecule has 98 valence electrons. The van der Waals surface area contributed by atoms with Crippen LogP contribution in [-0.2, 0) is 4.79 Å². The van der Waals surface area contributed by atoms with E-state index in [1.807, 2.05) is 18.2 Å². The number of rotatable bonds is 4. The van der Waals surface area contributed by atoms with E-state index in [0.717, 1.165) is 28.2 Å². The van der Waals surface area contributed by atoms with Crippen LogP contribution in [0.3, 0.4) is 0 Å². The minimum Gasteiger partial charge on any atom is -0.467 e. The van der Waals surface area contributed by atoms with E-state index < -0.39 is 0 Å². The molecule has 6 heteroatoms. The van der Waals surface area contributed by atoms with Crippen molar-refractivity contribution in [3.63, 3.8) is 0 Å². The fraction of sp³-hybridized carbons (Fsp3) is 0.308. The number of hydrogen-bond acceptors (Lipinski definition) is 4. The number of carbonyl (C=O) groups is 1. The number of benzene rings is 1. The Kier molecular flexibility index (Phi) is 3.33. The van der Waals surface area contributed by atoms with Gasteiger partial charge in [0.25, 0.3) is 5.91 Å². The van der Waals surface area contributed by atoms with E-state index in [2.05, 4.69) is 31.2 Å². The predicted molar refractivity (Wildman–Crippen MR) is 73.9 cm³/mol. The molecule has 0 atom stereocenters. The number of nitrogens with one attached hydrogen (secondary N) is 1. The predicted octanol–water partition coefficient (Wildman–Crippen LogP) is 2.05. The highest BCUT2D eigenvalue weighted by Gasteiger charge is 2.23. The molecule has 1 saturated carbocycles. The molecule has 19 heavy (non-hydrogen) atoms. The monoisotopic (exact) mass is 321 g/mol. The van der Waals surface area contributed by atoms with Crippen molar-refractivity contribution in [2.75, 3.05) is 6.61 Å². The lowest BCUT2D eigenvalue weighted by Gasteiger charge is -2.08. The van der Waals surface area contributed by atoms with Gasteiger partial charge in [-0.15, -0.1) is 0 Å². The van der Waals surface area contributed by atoms with Crippen LogP contribution in [0.25, 0.3) is 10.9 Å². The highest BCUT2D eigenvalue weighted by atomic mass is 79.9. The van der Waals surface area contributed by atoms with Gasteiger partial charge in [-0.2, -0.15) is 0 Å². The Balaban J connectivity index is 1.76. The Hall–Kier alpha value is -1.69. The van der Waals surface area contributed by atoms with E-state index in [1.165, 1.54) is 6.33 Å². The molecule has 3 rings (SSSR count). The minimum absolute atomic E-state index is 0.0187. The third kappa shape index (κ3) is 3.01. The number of ether oxygens (including phenoxy) is 1. The van der Waals surface area contributed by atoms with E-state index in [9.17, 15) is 4.79 Å². The van der Waals surface area contributed by atoms with Gasteiger partial charge in [-0.1, -0.05) is 15.9 Å². The third-order valence-electron chi connectivity index (χ3n) is 2.84. The van der Waals surface area contributed by atoms with E-state index in [-0.39, 0.29) is 12.5 Å². The topological polar surface area (TPSA) is 64.1 Å². The van der Waals surface area contributed by atoms with Crippen molar-refractivity contribution >= 4 is 32.7 Å². The fourth-order valence-corrected chi connectivity index (χ4v) is 2.11. The molecule has 1 aromatic heterocycles. The first kappa shape index (κ1) is 12.3. The Morgan fingerprint density at radius 3 is 3.05 bits per heavy atom. The standard InChI is InChI=1S/C13H12BrN3O2/c14-8-1-4-11-10(5-8)13(16-7-15-11)19-6-12(18)17-9-2-3-9/h1,4-5,7,9H,2-3,6H2,(H,17,18). The molecule has 0 spiro atoms. The normalized spacial score (nSPS) is 14.4. The van der Waals surface area contributed by atoms with Crippen molar-refractivity contribution in [1.29, 1.82) is 0 Å². The summed E-state index contributed by atoms with van der Waals surface area (Å²) < 4.78 is 6.40. The zero-order valence-corrected chi connectivity index (χ0v) is 11.7. The summed E-state index contributed by atoms with van der Waals surface area (Å²) in [5, 5.41) is 3.66. The lowest BCUT2D eigenvalue weighted by atomic mass is 10.2. The van der Waals surface area contributed by atoms with Gasteiger partial charge in [0, 0.05) is 10.5 Å². The zero-order valence-electron chi connectivity index (χ0n) is 10.1. The van der Waals surface area contributed by atoms with Gasteiger partial charge in [-0.3, -0.25) is 4.79 Å². The maximum Gasteiger partial charge on any atom is 0.258 e. The van der Waals surface area contributed by atoms with Crippen LogP contribution in [0.2, 0.25) is 0 Å². The average Bonchev–Trinajstić information content (AvgIpc) is 3.20. The summed E-state index contributed by atoms with van der Waals surface area (Å²) in [6, 6.07) is 5.99. The molecule has 5 nitrogen and oxygen atoms in total. The van der Waals surface area contributed by atoms with Crippen LogP contribution in [0.15, 0.2) is 29.0 Å². The van der Waals surface area contributed by atoms with Crippen LogP contribution in [0, 0.1) is 0 Å². The van der Waals surface area contributed by atoms with Crippen molar-refractivity contribution in [2.45, 2.75) is 18.9 Å². The highest BCUT2D eigenvalue weighted by molar-refractivity contribution is 9.10. The first-order valence-corrected chi connectivity index (χ1v) is 6.84. The van der Waals surface area contributed by atoms with Gasteiger partial charge in [0.2, 0.25) is 5.88 Å². The molecule has 0 saturated heterocycles. The smallest absolute Gasteiger partial charge is 0.258 e. The molecule has 1 N–H and O–H groups in total. The van der Waals surface area contributed by atoms with E-state index in [0.29, 0.717) is 11.9 Å². The van der Waals surface area contributed by atoms with E-state index in [4.69, 9.17) is 4.74 Å². The van der Waals surface area contributed by atoms with Crippen molar-refractivity contribution in [1.82, 2.24) is 15.3 Å². The molecular weight excluding hydrogens is 310 g/mol. The lowest BCUT2D eigenvalue weighted by Crippen LogP contribution is -2.30. The molecule has 1 fully saturated rings. The van der Waals surface area contributed by atoms with E-state index >= 15 is 0 Å². The summed E-state index contributed by atoms with van der Waals surface area (Å²) in [7, 11) is 0. The van der Waals surface area contributed by atoms with Crippen LogP contribution in [0.1, 0.15) is 12.8 Å². The van der Waals surface area contributed by atoms with Crippen molar-refractivity contribution < 1.29 is 9.53 Å². The Bertz CT molecular complexity index is 628. The second-order valence-electron chi connectivity index (χ2n) is 4.47. The quantitative estimate of drug-likeness (QED) is 0.936. The summed E-state index contributed by atoms with van der Waals surface area (Å²) in [4.78, 5) is 19.8. The van der Waals surface area contributed by atoms with Crippen LogP contribution < -0.4 is 10.1 Å². The molecular formula is C13H12BrN3O2. The number of aromatic nitrogens is 2. The van der Waals surface area contributed by atoms with Gasteiger partial charge in [-0.25, -0.2) is 9.97 Å². The van der Waals surface area contributed by atoms with Gasteiger partial charge in [0.15, 0.2) is 6.61 Å². The summed E-state index contributed by atoms with van der Waals surface area (Å²) >= 11 is 3.40. The molecule has 2 aromatic rings. The van der Waals surface area contributed by atoms with Crippen molar-refractivity contribution in [2.24, 2.45) is 0 Å². The van der Waals surface area contributed by atoms with Gasteiger partial charge >= 0.3 is 0 Å². The molecule has 0 bridgehead atoms. The maximum absolute atomic E-state index is 11.6. The molecule has 0 radical (unpaired) electrons. The SMILES string of the molecule is O=C(COc1ncnc2ccc(Br)cc12)NC1CC1. The number of fused-ring (bicyclic) bond motifs is 1. The zero-order chi connectivity index (χ0) is 13.2. The lowest BCUT2D eigenvalue weighted by molar-refractivity contribution is -0.123. The molecule has 1 aliphatic rings. The Morgan fingerprint density at radius 1 is 1.42 bits per heavy atom. The van der Waals surface area contributed by atoms with Crippen LogP contribution in [0.4, 0.5) is 0 Å². The Morgan fingerprint density at radius 2 is 2.26 bits per heavy atom. The summed E-state index contributed by atoms with van der Waals surface area (Å²) in [5.41, 5.74) is 0.788. The van der Waals surface area contributed by atoms with Crippen LogP contribution in [0.5, 0.6) is 5.88 Å². The van der Waals surface area contributed by atoms with Gasteiger partial charge < -0.3 is 10.1 Å². The second-order valence-corrected chi connectivity index (χ2v) is 5.39. The number of halogens is 1. The highest BCUT2D eigenvalue weighted by Crippen LogP contribution is 2.25. The van der Waals surface area contributed by atoms with Crippen molar-refractivity contribution in [3.8, 4) is 5.88 Å². The average molecular weight is 322 g/mol. The second kappa shape index (κ2) is 5.13. The number of nitrogens with zero attached hydrogens (tertiary/aromatic N) is 2. The van der Waals surface area contributed by atoms with Gasteiger partial charge in [0.1, 0.15) is 6.33 Å². The molecule has 0 aliphatic heterocycles. The number of hydrogen-bond donors (Lipinski definition) is 1. The summed E-state index contributed by atoms with van der Waals surface area (Å²) in [5.74, 6) is 0.321. The molecule has 0 unspecified atom stereocenters. The van der Waals surface area contributed by atoms with E-state index in [1.54, 1.807) is 0 Å². The Labute approximate surface area is 118 Å². The van der Waals surface area contributed by atoms with Gasteiger partial charge in [-0.05, 0) is 31.0 Å². The molecule has 1 amide bonds. The summed E-state index contributed by atoms with van der Waals surface area (Å²) in [6.07, 6.45) is 3.56. The molecule has 1 aliphatic carbocycles. The summed E-state index contributed by atoms with van der Waals surface area (Å²) in [6.45, 7) is -0.0187. The first-order valence-electron chi connectivity index (χ1n) is 6.05. The first-order chi connectivity index (χ1) is 9.22.